The molecule has 1 saturated heterocycles. The van der Waals surface area contributed by atoms with E-state index in [-0.39, 0.29) is 0 Å². The number of hydrogen-bond acceptors (Lipinski definition) is 3. The van der Waals surface area contributed by atoms with Gasteiger partial charge in [0.05, 0.1) is 6.61 Å². The van der Waals surface area contributed by atoms with Crippen molar-refractivity contribution < 1.29 is 4.74 Å². The molecule has 2 aliphatic heterocycles. The predicted octanol–water partition coefficient (Wildman–Crippen LogP) is 1.10. The van der Waals surface area contributed by atoms with Crippen molar-refractivity contribution in [3.8, 4) is 0 Å². The Morgan fingerprint density at radius 1 is 1.50 bits per heavy atom. The van der Waals surface area contributed by atoms with Crippen molar-refractivity contribution >= 4 is 5.95 Å². The third-order valence-corrected chi connectivity index (χ3v) is 3.24. The van der Waals surface area contributed by atoms with E-state index in [0.29, 0.717) is 12.0 Å². The maximum absolute atomic E-state index is 5.41. The summed E-state index contributed by atoms with van der Waals surface area (Å²) < 4.78 is 7.59. The molecule has 1 N–H and O–H groups in total. The highest BCUT2D eigenvalue weighted by Crippen LogP contribution is 2.25. The van der Waals surface area contributed by atoms with E-state index < -0.39 is 0 Å². The maximum atomic E-state index is 5.41. The molecule has 2 aliphatic rings. The molecular weight excluding hydrogens is 178 g/mol. The molecule has 0 amide bonds. The van der Waals surface area contributed by atoms with Gasteiger partial charge in [-0.3, -0.25) is 0 Å². The Morgan fingerprint density at radius 2 is 2.50 bits per heavy atom. The van der Waals surface area contributed by atoms with E-state index in [1.165, 1.54) is 12.8 Å². The molecule has 4 heteroatoms. The number of hydrogen-bond donors (Lipinski definition) is 1. The standard InChI is InChI=1S/C10H15N3O/c1-4-13-5-3-11-10(13)12-9(1)8-2-6-14-7-8/h3,5,8-9H,1-2,4,6-7H2,(H,11,12). The molecule has 0 spiro atoms. The van der Waals surface area contributed by atoms with Crippen LogP contribution in [-0.4, -0.2) is 28.8 Å². The first-order chi connectivity index (χ1) is 6.93. The average Bonchev–Trinajstić information content (AvgIpc) is 2.88. The maximum Gasteiger partial charge on any atom is 0.202 e. The molecule has 0 aliphatic carbocycles. The fraction of sp³-hybridized carbons (Fsp3) is 0.700. The van der Waals surface area contributed by atoms with Crippen molar-refractivity contribution in [1.82, 2.24) is 9.55 Å². The van der Waals surface area contributed by atoms with Crippen molar-refractivity contribution in [2.45, 2.75) is 25.4 Å². The molecule has 1 aromatic heterocycles. The van der Waals surface area contributed by atoms with Crippen molar-refractivity contribution in [3.05, 3.63) is 12.4 Å². The van der Waals surface area contributed by atoms with Crippen LogP contribution in [0.3, 0.4) is 0 Å². The SMILES string of the molecule is c1cn2c(n1)NC(C1CCOC1)CC2. The number of fused-ring (bicyclic) bond motifs is 1. The number of aryl methyl sites for hydroxylation is 1. The molecule has 1 aromatic rings. The third kappa shape index (κ3) is 1.30. The number of aromatic nitrogens is 2. The van der Waals surface area contributed by atoms with Gasteiger partial charge in [-0.05, 0) is 12.8 Å². The van der Waals surface area contributed by atoms with E-state index in [1.807, 2.05) is 12.4 Å². The molecule has 0 saturated carbocycles. The molecule has 76 valence electrons. The summed E-state index contributed by atoms with van der Waals surface area (Å²) >= 11 is 0. The summed E-state index contributed by atoms with van der Waals surface area (Å²) in [6.45, 7) is 2.93. The van der Waals surface area contributed by atoms with Crippen molar-refractivity contribution in [2.24, 2.45) is 5.92 Å². The van der Waals surface area contributed by atoms with Crippen molar-refractivity contribution in [2.75, 3.05) is 18.5 Å². The van der Waals surface area contributed by atoms with Crippen LogP contribution < -0.4 is 5.32 Å². The number of nitrogens with one attached hydrogen (secondary N) is 1. The van der Waals surface area contributed by atoms with Gasteiger partial charge in [0.1, 0.15) is 0 Å². The number of rotatable bonds is 1. The molecule has 0 aromatic carbocycles. The first-order valence-corrected chi connectivity index (χ1v) is 5.29. The lowest BCUT2D eigenvalue weighted by Crippen LogP contribution is -2.35. The largest absolute Gasteiger partial charge is 0.381 e. The summed E-state index contributed by atoms with van der Waals surface area (Å²) in [7, 11) is 0. The molecule has 1 fully saturated rings. The fourth-order valence-corrected chi connectivity index (χ4v) is 2.37. The number of anilines is 1. The zero-order valence-electron chi connectivity index (χ0n) is 8.15. The van der Waals surface area contributed by atoms with Crippen LogP contribution in [0.5, 0.6) is 0 Å². The minimum atomic E-state index is 0.562. The summed E-state index contributed by atoms with van der Waals surface area (Å²) in [6, 6.07) is 0.562. The van der Waals surface area contributed by atoms with Crippen LogP contribution >= 0.6 is 0 Å². The highest BCUT2D eigenvalue weighted by Gasteiger charge is 2.28. The second-order valence-corrected chi connectivity index (χ2v) is 4.11. The van der Waals surface area contributed by atoms with Gasteiger partial charge in [0.2, 0.25) is 5.95 Å². The molecular formula is C10H15N3O. The lowest BCUT2D eigenvalue weighted by molar-refractivity contribution is 0.180. The third-order valence-electron chi connectivity index (χ3n) is 3.24. The van der Waals surface area contributed by atoms with E-state index in [9.17, 15) is 0 Å². The van der Waals surface area contributed by atoms with Crippen LogP contribution in [0.1, 0.15) is 12.8 Å². The van der Waals surface area contributed by atoms with Crippen LogP contribution in [-0.2, 0) is 11.3 Å². The normalized spacial score (nSPS) is 31.1. The van der Waals surface area contributed by atoms with Crippen LogP contribution in [0.15, 0.2) is 12.4 Å². The molecule has 0 bridgehead atoms. The highest BCUT2D eigenvalue weighted by atomic mass is 16.5. The van der Waals surface area contributed by atoms with Gasteiger partial charge >= 0.3 is 0 Å². The Hall–Kier alpha value is -1.03. The Morgan fingerprint density at radius 3 is 3.36 bits per heavy atom. The lowest BCUT2D eigenvalue weighted by atomic mass is 9.95. The first-order valence-electron chi connectivity index (χ1n) is 5.29. The zero-order valence-corrected chi connectivity index (χ0v) is 8.15. The van der Waals surface area contributed by atoms with Crippen LogP contribution in [0.4, 0.5) is 5.95 Å². The van der Waals surface area contributed by atoms with Crippen LogP contribution in [0, 0.1) is 5.92 Å². The van der Waals surface area contributed by atoms with Crippen molar-refractivity contribution in [1.29, 1.82) is 0 Å². The summed E-state index contributed by atoms with van der Waals surface area (Å²) in [5, 5.41) is 3.49. The number of ether oxygens (including phenoxy) is 1. The fourth-order valence-electron chi connectivity index (χ4n) is 2.37. The Bertz CT molecular complexity index is 317. The van der Waals surface area contributed by atoms with E-state index >= 15 is 0 Å². The van der Waals surface area contributed by atoms with Crippen LogP contribution in [0.25, 0.3) is 0 Å². The molecule has 0 radical (unpaired) electrons. The molecule has 2 atom stereocenters. The van der Waals surface area contributed by atoms with Gasteiger partial charge in [-0.1, -0.05) is 0 Å². The summed E-state index contributed by atoms with van der Waals surface area (Å²) in [5.74, 6) is 1.70. The predicted molar refractivity (Wildman–Crippen MR) is 53.2 cm³/mol. The molecule has 14 heavy (non-hydrogen) atoms. The van der Waals surface area contributed by atoms with Gasteiger partial charge < -0.3 is 14.6 Å². The Kier molecular flexibility index (Phi) is 1.94. The molecule has 3 rings (SSSR count). The monoisotopic (exact) mass is 193 g/mol. The van der Waals surface area contributed by atoms with Gasteiger partial charge in [-0.15, -0.1) is 0 Å². The van der Waals surface area contributed by atoms with Gasteiger partial charge in [0.15, 0.2) is 0 Å². The summed E-state index contributed by atoms with van der Waals surface area (Å²) in [4.78, 5) is 4.29. The van der Waals surface area contributed by atoms with Gasteiger partial charge in [0, 0.05) is 37.5 Å². The van der Waals surface area contributed by atoms with Crippen molar-refractivity contribution in [3.63, 3.8) is 0 Å². The van der Waals surface area contributed by atoms with E-state index in [4.69, 9.17) is 4.74 Å². The highest BCUT2D eigenvalue weighted by molar-refractivity contribution is 5.30. The Labute approximate surface area is 83.3 Å². The quantitative estimate of drug-likeness (QED) is 0.726. The number of imidazole rings is 1. The average molecular weight is 193 g/mol. The lowest BCUT2D eigenvalue weighted by Gasteiger charge is -2.29. The van der Waals surface area contributed by atoms with Crippen LogP contribution in [0.2, 0.25) is 0 Å². The Balaban J connectivity index is 1.74. The minimum Gasteiger partial charge on any atom is -0.381 e. The molecule has 3 heterocycles. The summed E-state index contributed by atoms with van der Waals surface area (Å²) in [5.41, 5.74) is 0. The van der Waals surface area contributed by atoms with E-state index in [1.54, 1.807) is 0 Å². The second kappa shape index (κ2) is 3.28. The topological polar surface area (TPSA) is 39.1 Å². The molecule has 4 nitrogen and oxygen atoms in total. The smallest absolute Gasteiger partial charge is 0.202 e. The van der Waals surface area contributed by atoms with Gasteiger partial charge in [-0.25, -0.2) is 4.98 Å². The van der Waals surface area contributed by atoms with E-state index in [0.717, 1.165) is 25.7 Å². The van der Waals surface area contributed by atoms with Gasteiger partial charge in [0.25, 0.3) is 0 Å². The molecule has 2 unspecified atom stereocenters. The minimum absolute atomic E-state index is 0.562. The van der Waals surface area contributed by atoms with Gasteiger partial charge in [-0.2, -0.15) is 0 Å². The second-order valence-electron chi connectivity index (χ2n) is 4.11. The first kappa shape index (κ1) is 8.29. The van der Waals surface area contributed by atoms with E-state index in [2.05, 4.69) is 14.9 Å². The summed E-state index contributed by atoms with van der Waals surface area (Å²) in [6.07, 6.45) is 6.27. The zero-order chi connectivity index (χ0) is 9.38. The number of nitrogens with zero attached hydrogens (tertiary/aromatic N) is 2.